The highest BCUT2D eigenvalue weighted by molar-refractivity contribution is 14.1. The van der Waals surface area contributed by atoms with Gasteiger partial charge in [-0.25, -0.2) is 14.6 Å². The first-order valence-electron chi connectivity index (χ1n) is 11.9. The van der Waals surface area contributed by atoms with Crippen LogP contribution >= 0.6 is 68.1 Å². The normalized spacial score (nSPS) is 15.0. The minimum absolute atomic E-state index is 0.176. The molecule has 0 bridgehead atoms. The van der Waals surface area contributed by atoms with Crippen LogP contribution in [-0.4, -0.2) is 36.3 Å². The van der Waals surface area contributed by atoms with Gasteiger partial charge in [-0.05, 0) is 95.8 Å². The predicted octanol–water partition coefficient (Wildman–Crippen LogP) is 4.60. The molecule has 204 valence electrons. The molecule has 12 heteroatoms. The molecule has 4 rings (SSSR count). The van der Waals surface area contributed by atoms with Crippen molar-refractivity contribution >= 4 is 86.1 Å². The van der Waals surface area contributed by atoms with Crippen molar-refractivity contribution in [1.82, 2.24) is 4.57 Å². The molecular weight excluding hydrogens is 770 g/mol. The number of rotatable bonds is 8. The van der Waals surface area contributed by atoms with E-state index in [1.54, 1.807) is 51.1 Å². The first kappa shape index (κ1) is 29.7. The van der Waals surface area contributed by atoms with Crippen LogP contribution in [-0.2, 0) is 19.1 Å². The van der Waals surface area contributed by atoms with E-state index in [0.29, 0.717) is 36.9 Å². The molecule has 2 heterocycles. The number of carbonyl (C=O) groups is 2. The fraction of sp³-hybridized carbons (Fsp3) is 0.259. The maximum absolute atomic E-state index is 13.9. The quantitative estimate of drug-likeness (QED) is 0.245. The smallest absolute Gasteiger partial charge is 0.344 e. The minimum atomic E-state index is -0.813. The molecule has 0 fully saturated rings. The summed E-state index contributed by atoms with van der Waals surface area (Å²) in [5, 5.41) is 0.412. The molecule has 2 aromatic carbocycles. The molecule has 0 unspecified atom stereocenters. The van der Waals surface area contributed by atoms with Gasteiger partial charge in [0.1, 0.15) is 11.8 Å². The lowest BCUT2D eigenvalue weighted by Gasteiger charge is -2.25. The summed E-state index contributed by atoms with van der Waals surface area (Å²) < 4.78 is 19.7. The average molecular weight is 793 g/mol. The molecule has 0 spiro atoms. The zero-order chi connectivity index (χ0) is 28.3. The van der Waals surface area contributed by atoms with Crippen molar-refractivity contribution in [2.45, 2.75) is 26.8 Å². The molecule has 1 atom stereocenters. The molecular formula is C27H23ClI2N2O6S. The highest BCUT2D eigenvalue weighted by atomic mass is 127. The summed E-state index contributed by atoms with van der Waals surface area (Å²) in [6, 6.07) is 10.0. The molecule has 0 saturated heterocycles. The van der Waals surface area contributed by atoms with Gasteiger partial charge in [-0.2, -0.15) is 0 Å². The van der Waals surface area contributed by atoms with Crippen LogP contribution in [0.2, 0.25) is 5.02 Å². The zero-order valence-electron chi connectivity index (χ0n) is 21.1. The van der Waals surface area contributed by atoms with Gasteiger partial charge in [0.2, 0.25) is 0 Å². The number of ether oxygens (including phenoxy) is 3. The number of nitrogens with zero attached hydrogens (tertiary/aromatic N) is 2. The van der Waals surface area contributed by atoms with E-state index in [-0.39, 0.29) is 31.0 Å². The van der Waals surface area contributed by atoms with Crippen LogP contribution in [0.5, 0.6) is 5.75 Å². The standard InChI is InChI=1S/C27H23ClI2N2O6S/c1-4-36-21(33)13-38-24-15(10-16(29)12-19(24)30)11-20-25(34)32-23(17-8-6-7-9-18(17)28)22(26(35)37-5-2)14(3)31-27(32)39-20/h6-12,23H,4-5,13H2,1-3H3/b20-11-/t23-/m0/s1. The Balaban J connectivity index is 1.91. The number of thiazole rings is 1. The third-order valence-electron chi connectivity index (χ3n) is 5.68. The first-order chi connectivity index (χ1) is 18.7. The molecule has 0 aliphatic carbocycles. The van der Waals surface area contributed by atoms with E-state index in [0.717, 1.165) is 7.14 Å². The van der Waals surface area contributed by atoms with Gasteiger partial charge in [0, 0.05) is 14.2 Å². The number of carbonyl (C=O) groups excluding carboxylic acids is 2. The van der Waals surface area contributed by atoms with Gasteiger partial charge in [0.25, 0.3) is 5.56 Å². The number of esters is 2. The molecule has 0 radical (unpaired) electrons. The van der Waals surface area contributed by atoms with Gasteiger partial charge in [-0.1, -0.05) is 41.1 Å². The predicted molar refractivity (Wildman–Crippen MR) is 166 cm³/mol. The molecule has 1 aromatic heterocycles. The number of fused-ring (bicyclic) bond motifs is 1. The number of halogens is 3. The van der Waals surface area contributed by atoms with Crippen LogP contribution in [0.15, 0.2) is 57.5 Å². The maximum Gasteiger partial charge on any atom is 0.344 e. The molecule has 8 nitrogen and oxygen atoms in total. The van der Waals surface area contributed by atoms with Crippen LogP contribution < -0.4 is 19.6 Å². The Bertz CT molecular complexity index is 1660. The van der Waals surface area contributed by atoms with Gasteiger partial charge in [-0.15, -0.1) is 0 Å². The summed E-state index contributed by atoms with van der Waals surface area (Å²) in [5.41, 5.74) is 1.57. The molecule has 0 saturated carbocycles. The lowest BCUT2D eigenvalue weighted by molar-refractivity contribution is -0.145. The van der Waals surface area contributed by atoms with E-state index in [1.807, 2.05) is 12.1 Å². The van der Waals surface area contributed by atoms with Gasteiger partial charge < -0.3 is 14.2 Å². The second kappa shape index (κ2) is 13.0. The van der Waals surface area contributed by atoms with Gasteiger partial charge in [0.05, 0.1) is 32.6 Å². The first-order valence-corrected chi connectivity index (χ1v) is 15.2. The number of aromatic nitrogens is 1. The zero-order valence-corrected chi connectivity index (χ0v) is 27.0. The Labute approximate surface area is 260 Å². The van der Waals surface area contributed by atoms with Crippen LogP contribution in [0.3, 0.4) is 0 Å². The maximum atomic E-state index is 13.9. The molecule has 39 heavy (non-hydrogen) atoms. The third kappa shape index (κ3) is 6.41. The minimum Gasteiger partial charge on any atom is -0.480 e. The van der Waals surface area contributed by atoms with Gasteiger partial charge in [0.15, 0.2) is 11.4 Å². The summed E-state index contributed by atoms with van der Waals surface area (Å²) >= 11 is 12.1. The molecule has 1 aliphatic heterocycles. The number of allylic oxidation sites excluding steroid dienone is 1. The summed E-state index contributed by atoms with van der Waals surface area (Å²) in [6.45, 7) is 5.33. The van der Waals surface area contributed by atoms with Crippen molar-refractivity contribution in [1.29, 1.82) is 0 Å². The lowest BCUT2D eigenvalue weighted by Crippen LogP contribution is -2.40. The molecule has 0 N–H and O–H groups in total. The third-order valence-corrected chi connectivity index (χ3v) is 8.43. The van der Waals surface area contributed by atoms with E-state index in [1.165, 1.54) is 15.9 Å². The highest BCUT2D eigenvalue weighted by Crippen LogP contribution is 2.34. The second-order valence-corrected chi connectivity index (χ2v) is 12.0. The molecule has 0 amide bonds. The van der Waals surface area contributed by atoms with E-state index >= 15 is 0 Å². The monoisotopic (exact) mass is 792 g/mol. The topological polar surface area (TPSA) is 96.2 Å². The Kier molecular flexibility index (Phi) is 9.88. The van der Waals surface area contributed by atoms with Crippen molar-refractivity contribution in [2.24, 2.45) is 4.99 Å². The van der Waals surface area contributed by atoms with Crippen molar-refractivity contribution in [2.75, 3.05) is 19.8 Å². The van der Waals surface area contributed by atoms with Crippen molar-refractivity contribution in [3.63, 3.8) is 0 Å². The van der Waals surface area contributed by atoms with Gasteiger partial charge >= 0.3 is 11.9 Å². The summed E-state index contributed by atoms with van der Waals surface area (Å²) in [7, 11) is 0. The van der Waals surface area contributed by atoms with E-state index < -0.39 is 18.0 Å². The Morgan fingerprint density at radius 1 is 1.15 bits per heavy atom. The summed E-state index contributed by atoms with van der Waals surface area (Å²) in [4.78, 5) is 43.9. The Morgan fingerprint density at radius 3 is 2.56 bits per heavy atom. The van der Waals surface area contributed by atoms with Crippen LogP contribution in [0.4, 0.5) is 0 Å². The van der Waals surface area contributed by atoms with E-state index in [9.17, 15) is 14.4 Å². The summed E-state index contributed by atoms with van der Waals surface area (Å²) in [6.07, 6.45) is 1.71. The number of benzene rings is 2. The molecule has 1 aliphatic rings. The second-order valence-electron chi connectivity index (χ2n) is 8.22. The average Bonchev–Trinajstić information content (AvgIpc) is 3.17. The van der Waals surface area contributed by atoms with Crippen LogP contribution in [0.25, 0.3) is 6.08 Å². The number of hydrogen-bond acceptors (Lipinski definition) is 8. The Hall–Kier alpha value is -2.23. The van der Waals surface area contributed by atoms with Crippen LogP contribution in [0, 0.1) is 7.14 Å². The lowest BCUT2D eigenvalue weighted by atomic mass is 9.96. The fourth-order valence-corrected chi connectivity index (χ4v) is 7.42. The van der Waals surface area contributed by atoms with Crippen molar-refractivity contribution in [3.8, 4) is 5.75 Å². The van der Waals surface area contributed by atoms with E-state index in [2.05, 4.69) is 50.2 Å². The number of hydrogen-bond donors (Lipinski definition) is 0. The summed E-state index contributed by atoms with van der Waals surface area (Å²) in [5.74, 6) is -0.584. The SMILES string of the molecule is CCOC(=O)COc1c(I)cc(I)cc1/C=c1\sc2n(c1=O)[C@@H](c1ccccc1Cl)C(C(=O)OCC)=C(C)N=2. The largest absolute Gasteiger partial charge is 0.480 e. The van der Waals surface area contributed by atoms with Gasteiger partial charge in [-0.3, -0.25) is 9.36 Å². The van der Waals surface area contributed by atoms with E-state index in [4.69, 9.17) is 25.8 Å². The fourth-order valence-electron chi connectivity index (χ4n) is 4.10. The van der Waals surface area contributed by atoms with Crippen molar-refractivity contribution < 1.29 is 23.8 Å². The van der Waals surface area contributed by atoms with Crippen molar-refractivity contribution in [3.05, 3.63) is 90.6 Å². The Morgan fingerprint density at radius 2 is 1.87 bits per heavy atom. The molecule has 3 aromatic rings. The highest BCUT2D eigenvalue weighted by Gasteiger charge is 2.34. The van der Waals surface area contributed by atoms with Crippen LogP contribution in [0.1, 0.15) is 37.9 Å².